The molecule has 5 heterocycles. The molecule has 2 aromatic rings. The van der Waals surface area contributed by atoms with Crippen LogP contribution in [0.5, 0.6) is 0 Å². The summed E-state index contributed by atoms with van der Waals surface area (Å²) in [7, 11) is 0. The van der Waals surface area contributed by atoms with Gasteiger partial charge >= 0.3 is 0 Å². The summed E-state index contributed by atoms with van der Waals surface area (Å²) < 4.78 is 0. The van der Waals surface area contributed by atoms with Gasteiger partial charge in [-0.1, -0.05) is 11.6 Å². The van der Waals surface area contributed by atoms with E-state index in [9.17, 15) is 4.79 Å². The van der Waals surface area contributed by atoms with Crippen LogP contribution in [0.15, 0.2) is 30.5 Å². The lowest BCUT2D eigenvalue weighted by molar-refractivity contribution is 0.0622. The Balaban J connectivity index is 1.47. The smallest absolute Gasteiger partial charge is 0.261 e. The number of halogens is 1. The lowest BCUT2D eigenvalue weighted by atomic mass is 9.84. The van der Waals surface area contributed by atoms with Crippen molar-refractivity contribution in [2.45, 2.75) is 18.9 Å². The maximum atomic E-state index is 12.5. The van der Waals surface area contributed by atoms with Crippen molar-refractivity contribution in [1.82, 2.24) is 15.2 Å². The van der Waals surface area contributed by atoms with Crippen molar-refractivity contribution in [3.63, 3.8) is 0 Å². The summed E-state index contributed by atoms with van der Waals surface area (Å²) in [5.74, 6) is 0.667. The minimum atomic E-state index is 0.0297. The number of nitrogens with zero attached hydrogens (tertiary/aromatic N) is 2. The van der Waals surface area contributed by atoms with Crippen LogP contribution in [0, 0.1) is 5.92 Å². The summed E-state index contributed by atoms with van der Waals surface area (Å²) >= 11 is 7.47. The maximum Gasteiger partial charge on any atom is 0.261 e. The fraction of sp³-hybridized carbons (Fsp3) is 0.412. The normalized spacial score (nSPS) is 26.2. The van der Waals surface area contributed by atoms with Crippen LogP contribution in [0.25, 0.3) is 10.6 Å². The topological polar surface area (TPSA) is 45.2 Å². The Morgan fingerprint density at radius 3 is 2.83 bits per heavy atom. The number of hydrogen-bond donors (Lipinski definition) is 1. The van der Waals surface area contributed by atoms with Gasteiger partial charge in [0.15, 0.2) is 0 Å². The fourth-order valence-electron chi connectivity index (χ4n) is 3.51. The first-order valence-electron chi connectivity index (χ1n) is 7.94. The molecule has 3 fully saturated rings. The molecular formula is C17H18ClN3OS. The van der Waals surface area contributed by atoms with E-state index < -0.39 is 0 Å². The SMILES string of the molecule is O=C(NC1CN2CCC1CC2)c1ccc(-c2cc(Cl)ccn2)s1. The molecule has 6 heteroatoms. The quantitative estimate of drug-likeness (QED) is 0.926. The van der Waals surface area contributed by atoms with Gasteiger partial charge in [0.05, 0.1) is 15.4 Å². The number of fused-ring (bicyclic) bond motifs is 3. The zero-order valence-corrected chi connectivity index (χ0v) is 14.2. The maximum absolute atomic E-state index is 12.5. The predicted molar refractivity (Wildman–Crippen MR) is 93.0 cm³/mol. The fourth-order valence-corrected chi connectivity index (χ4v) is 4.54. The largest absolute Gasteiger partial charge is 0.347 e. The van der Waals surface area contributed by atoms with Gasteiger partial charge < -0.3 is 10.2 Å². The highest BCUT2D eigenvalue weighted by atomic mass is 35.5. The van der Waals surface area contributed by atoms with E-state index in [-0.39, 0.29) is 5.91 Å². The summed E-state index contributed by atoms with van der Waals surface area (Å²) in [6.45, 7) is 3.35. The van der Waals surface area contributed by atoms with Gasteiger partial charge in [-0.3, -0.25) is 9.78 Å². The first-order valence-corrected chi connectivity index (χ1v) is 9.13. The van der Waals surface area contributed by atoms with Crippen molar-refractivity contribution in [3.05, 3.63) is 40.4 Å². The van der Waals surface area contributed by atoms with Crippen LogP contribution < -0.4 is 5.32 Å². The van der Waals surface area contributed by atoms with Gasteiger partial charge in [-0.2, -0.15) is 0 Å². The molecule has 1 amide bonds. The van der Waals surface area contributed by atoms with Gasteiger partial charge in [0.25, 0.3) is 5.91 Å². The Hall–Kier alpha value is -1.43. The molecule has 120 valence electrons. The number of rotatable bonds is 3. The number of carbonyl (C=O) groups is 1. The summed E-state index contributed by atoms with van der Waals surface area (Å²) in [5.41, 5.74) is 0.810. The van der Waals surface area contributed by atoms with Crippen molar-refractivity contribution in [2.75, 3.05) is 19.6 Å². The Kier molecular flexibility index (Phi) is 4.09. The molecule has 3 aliphatic rings. The lowest BCUT2D eigenvalue weighted by Gasteiger charge is -2.44. The molecule has 0 spiro atoms. The first-order chi connectivity index (χ1) is 11.2. The average Bonchev–Trinajstić information content (AvgIpc) is 3.06. The van der Waals surface area contributed by atoms with Crippen LogP contribution in [0.1, 0.15) is 22.5 Å². The minimum absolute atomic E-state index is 0.0297. The van der Waals surface area contributed by atoms with Crippen molar-refractivity contribution < 1.29 is 4.79 Å². The summed E-state index contributed by atoms with van der Waals surface area (Å²) in [6, 6.07) is 7.68. The highest BCUT2D eigenvalue weighted by molar-refractivity contribution is 7.17. The third kappa shape index (κ3) is 3.13. The van der Waals surface area contributed by atoms with Crippen LogP contribution in [0.2, 0.25) is 5.02 Å². The summed E-state index contributed by atoms with van der Waals surface area (Å²) in [4.78, 5) is 21.0. The van der Waals surface area contributed by atoms with Gasteiger partial charge in [-0.25, -0.2) is 0 Å². The van der Waals surface area contributed by atoms with E-state index in [1.165, 1.54) is 37.3 Å². The second-order valence-electron chi connectivity index (χ2n) is 6.24. The molecule has 0 saturated carbocycles. The van der Waals surface area contributed by atoms with E-state index in [1.54, 1.807) is 12.3 Å². The molecule has 2 bridgehead atoms. The number of thiophene rings is 1. The molecule has 2 aromatic heterocycles. The summed E-state index contributed by atoms with van der Waals surface area (Å²) in [6.07, 6.45) is 4.09. The van der Waals surface area contributed by atoms with Gasteiger partial charge in [-0.15, -0.1) is 11.3 Å². The Labute approximate surface area is 144 Å². The summed E-state index contributed by atoms with van der Waals surface area (Å²) in [5, 5.41) is 3.88. The first kappa shape index (κ1) is 15.1. The number of carbonyl (C=O) groups excluding carboxylic acids is 1. The van der Waals surface area contributed by atoms with Crippen LogP contribution in [-0.2, 0) is 0 Å². The molecule has 3 aliphatic heterocycles. The molecule has 3 saturated heterocycles. The van der Waals surface area contributed by atoms with E-state index in [4.69, 9.17) is 11.6 Å². The molecule has 1 unspecified atom stereocenters. The van der Waals surface area contributed by atoms with E-state index in [1.807, 2.05) is 18.2 Å². The van der Waals surface area contributed by atoms with E-state index in [0.29, 0.717) is 17.0 Å². The molecule has 4 nitrogen and oxygen atoms in total. The number of hydrogen-bond acceptors (Lipinski definition) is 4. The van der Waals surface area contributed by atoms with Gasteiger partial charge in [0.2, 0.25) is 0 Å². The van der Waals surface area contributed by atoms with E-state index in [2.05, 4.69) is 15.2 Å². The standard InChI is InChI=1S/C17H18ClN3OS/c18-12-3-6-19-13(9-12)15-1-2-16(23-15)17(22)20-14-10-21-7-4-11(14)5-8-21/h1-3,6,9,11,14H,4-5,7-8,10H2,(H,20,22). The zero-order valence-electron chi connectivity index (χ0n) is 12.7. The van der Waals surface area contributed by atoms with Gasteiger partial charge in [-0.05, 0) is 56.1 Å². The van der Waals surface area contributed by atoms with Crippen LogP contribution in [-0.4, -0.2) is 41.5 Å². The molecule has 0 aromatic carbocycles. The number of pyridine rings is 1. The van der Waals surface area contributed by atoms with Crippen molar-refractivity contribution in [2.24, 2.45) is 5.92 Å². The van der Waals surface area contributed by atoms with Crippen LogP contribution in [0.3, 0.4) is 0 Å². The second-order valence-corrected chi connectivity index (χ2v) is 7.76. The number of aromatic nitrogens is 1. The number of piperidine rings is 3. The van der Waals surface area contributed by atoms with Crippen LogP contribution >= 0.6 is 22.9 Å². The molecule has 1 N–H and O–H groups in total. The van der Waals surface area contributed by atoms with E-state index >= 15 is 0 Å². The average molecular weight is 348 g/mol. The van der Waals surface area contributed by atoms with Crippen LogP contribution in [0.4, 0.5) is 0 Å². The van der Waals surface area contributed by atoms with Gasteiger partial charge in [0, 0.05) is 23.8 Å². The number of nitrogens with one attached hydrogen (secondary N) is 1. The minimum Gasteiger partial charge on any atom is -0.347 e. The van der Waals surface area contributed by atoms with Crippen molar-refractivity contribution in [3.8, 4) is 10.6 Å². The monoisotopic (exact) mass is 347 g/mol. The Morgan fingerprint density at radius 1 is 1.30 bits per heavy atom. The van der Waals surface area contributed by atoms with Gasteiger partial charge in [0.1, 0.15) is 0 Å². The highest BCUT2D eigenvalue weighted by Crippen LogP contribution is 2.30. The molecule has 1 atom stereocenters. The molecule has 5 rings (SSSR count). The molecule has 0 aliphatic carbocycles. The second kappa shape index (κ2) is 6.23. The Morgan fingerprint density at radius 2 is 2.13 bits per heavy atom. The zero-order chi connectivity index (χ0) is 15.8. The molecular weight excluding hydrogens is 330 g/mol. The van der Waals surface area contributed by atoms with Crippen molar-refractivity contribution in [1.29, 1.82) is 0 Å². The third-order valence-corrected chi connectivity index (χ3v) is 6.12. The molecule has 23 heavy (non-hydrogen) atoms. The van der Waals surface area contributed by atoms with E-state index in [0.717, 1.165) is 22.0 Å². The lowest BCUT2D eigenvalue weighted by Crippen LogP contribution is -2.57. The number of amides is 1. The third-order valence-electron chi connectivity index (χ3n) is 4.78. The van der Waals surface area contributed by atoms with Crippen molar-refractivity contribution >= 4 is 28.8 Å². The highest BCUT2D eigenvalue weighted by Gasteiger charge is 2.35. The predicted octanol–water partition coefficient (Wildman–Crippen LogP) is 3.29. The molecule has 0 radical (unpaired) electrons. The Bertz CT molecular complexity index is 724.